The second kappa shape index (κ2) is 8.45. The van der Waals surface area contributed by atoms with E-state index in [1.54, 1.807) is 6.21 Å². The highest BCUT2D eigenvalue weighted by molar-refractivity contribution is 7.80. The lowest BCUT2D eigenvalue weighted by atomic mass is 10.2. The van der Waals surface area contributed by atoms with E-state index in [2.05, 4.69) is 64.6 Å². The van der Waals surface area contributed by atoms with Crippen molar-refractivity contribution in [2.24, 2.45) is 5.10 Å². The van der Waals surface area contributed by atoms with Crippen molar-refractivity contribution in [3.8, 4) is 5.69 Å². The Morgan fingerprint density at radius 1 is 1.04 bits per heavy atom. The molecular formula is C21H22N4S. The van der Waals surface area contributed by atoms with Gasteiger partial charge in [0.2, 0.25) is 0 Å². The van der Waals surface area contributed by atoms with Gasteiger partial charge in [-0.15, -0.1) is 0 Å². The standard InChI is InChI=1S/C21H22N4S/c1-16-13-19(17(2)25(16)20-11-7-4-8-12-20)15-23-24-21(26)22-14-18-9-5-3-6-10-18/h3-13,15H,14H2,1-2H3,(H2,22,24,26)/b23-15+. The molecule has 0 fully saturated rings. The Kier molecular flexibility index (Phi) is 5.81. The minimum absolute atomic E-state index is 0.502. The molecule has 0 bridgehead atoms. The van der Waals surface area contributed by atoms with Gasteiger partial charge in [0, 0.05) is 29.2 Å². The number of hydrazone groups is 1. The number of aryl methyl sites for hydroxylation is 1. The minimum atomic E-state index is 0.502. The Labute approximate surface area is 159 Å². The molecule has 0 saturated carbocycles. The molecular weight excluding hydrogens is 340 g/mol. The lowest BCUT2D eigenvalue weighted by Crippen LogP contribution is -2.31. The smallest absolute Gasteiger partial charge is 0.187 e. The first-order valence-electron chi connectivity index (χ1n) is 8.50. The van der Waals surface area contributed by atoms with Crippen LogP contribution in [0, 0.1) is 13.8 Å². The number of thiocarbonyl (C=S) groups is 1. The van der Waals surface area contributed by atoms with Gasteiger partial charge in [-0.2, -0.15) is 5.10 Å². The largest absolute Gasteiger partial charge is 0.357 e. The zero-order valence-electron chi connectivity index (χ0n) is 14.9. The molecule has 1 heterocycles. The summed E-state index contributed by atoms with van der Waals surface area (Å²) in [5.41, 5.74) is 8.57. The van der Waals surface area contributed by atoms with Crippen LogP contribution in [0.4, 0.5) is 0 Å². The van der Waals surface area contributed by atoms with Crippen molar-refractivity contribution in [1.29, 1.82) is 0 Å². The van der Waals surface area contributed by atoms with Crippen molar-refractivity contribution in [1.82, 2.24) is 15.3 Å². The first-order valence-corrected chi connectivity index (χ1v) is 8.91. The Morgan fingerprint density at radius 2 is 1.69 bits per heavy atom. The minimum Gasteiger partial charge on any atom is -0.357 e. The zero-order valence-corrected chi connectivity index (χ0v) is 15.8. The first kappa shape index (κ1) is 17.9. The molecule has 3 aromatic rings. The number of nitrogens with zero attached hydrogens (tertiary/aromatic N) is 2. The second-order valence-corrected chi connectivity index (χ2v) is 6.44. The quantitative estimate of drug-likeness (QED) is 0.408. The van der Waals surface area contributed by atoms with Gasteiger partial charge >= 0.3 is 0 Å². The van der Waals surface area contributed by atoms with E-state index in [4.69, 9.17) is 12.2 Å². The highest BCUT2D eigenvalue weighted by Crippen LogP contribution is 2.19. The van der Waals surface area contributed by atoms with Crippen LogP contribution in [0.1, 0.15) is 22.5 Å². The molecule has 0 aliphatic carbocycles. The summed E-state index contributed by atoms with van der Waals surface area (Å²) in [6, 6.07) is 22.5. The summed E-state index contributed by atoms with van der Waals surface area (Å²) >= 11 is 5.27. The van der Waals surface area contributed by atoms with E-state index >= 15 is 0 Å². The van der Waals surface area contributed by atoms with Crippen LogP contribution in [0.3, 0.4) is 0 Å². The van der Waals surface area contributed by atoms with E-state index in [1.807, 2.05) is 36.4 Å². The molecule has 0 radical (unpaired) electrons. The fourth-order valence-electron chi connectivity index (χ4n) is 2.87. The van der Waals surface area contributed by atoms with Crippen LogP contribution in [0.5, 0.6) is 0 Å². The molecule has 26 heavy (non-hydrogen) atoms. The SMILES string of the molecule is Cc1cc(/C=N/NC(=S)NCc2ccccc2)c(C)n1-c1ccccc1. The van der Waals surface area contributed by atoms with Gasteiger partial charge < -0.3 is 9.88 Å². The second-order valence-electron chi connectivity index (χ2n) is 6.04. The predicted molar refractivity (Wildman–Crippen MR) is 112 cm³/mol. The van der Waals surface area contributed by atoms with Gasteiger partial charge in [-0.3, -0.25) is 5.43 Å². The summed E-state index contributed by atoms with van der Waals surface area (Å²) in [7, 11) is 0. The summed E-state index contributed by atoms with van der Waals surface area (Å²) in [5.74, 6) is 0. The van der Waals surface area contributed by atoms with E-state index in [0.29, 0.717) is 11.7 Å². The molecule has 0 saturated heterocycles. The Morgan fingerprint density at radius 3 is 2.38 bits per heavy atom. The third-order valence-electron chi connectivity index (χ3n) is 4.15. The van der Waals surface area contributed by atoms with Gasteiger partial charge in [0.25, 0.3) is 0 Å². The molecule has 1 aromatic heterocycles. The van der Waals surface area contributed by atoms with Crippen LogP contribution >= 0.6 is 12.2 Å². The van der Waals surface area contributed by atoms with Gasteiger partial charge in [0.15, 0.2) is 5.11 Å². The number of rotatable bonds is 5. The van der Waals surface area contributed by atoms with Crippen molar-refractivity contribution in [3.05, 3.63) is 89.2 Å². The maximum atomic E-state index is 5.27. The van der Waals surface area contributed by atoms with Crippen LogP contribution in [0.2, 0.25) is 0 Å². The summed E-state index contributed by atoms with van der Waals surface area (Å²) in [5, 5.41) is 7.92. The molecule has 132 valence electrons. The van der Waals surface area contributed by atoms with E-state index in [1.165, 1.54) is 11.3 Å². The van der Waals surface area contributed by atoms with Gasteiger partial charge in [-0.1, -0.05) is 48.5 Å². The van der Waals surface area contributed by atoms with Crippen LogP contribution in [-0.2, 0) is 6.54 Å². The van der Waals surface area contributed by atoms with E-state index in [0.717, 1.165) is 16.9 Å². The fraction of sp³-hybridized carbons (Fsp3) is 0.143. The summed E-state index contributed by atoms with van der Waals surface area (Å²) in [4.78, 5) is 0. The average molecular weight is 363 g/mol. The number of aromatic nitrogens is 1. The van der Waals surface area contributed by atoms with Crippen LogP contribution in [0.25, 0.3) is 5.69 Å². The van der Waals surface area contributed by atoms with Crippen LogP contribution < -0.4 is 10.7 Å². The lowest BCUT2D eigenvalue weighted by molar-refractivity contribution is 0.868. The van der Waals surface area contributed by atoms with Gasteiger partial charge in [-0.05, 0) is 49.8 Å². The monoisotopic (exact) mass is 362 g/mol. The highest BCUT2D eigenvalue weighted by atomic mass is 32.1. The third kappa shape index (κ3) is 4.37. The summed E-state index contributed by atoms with van der Waals surface area (Å²) in [6.07, 6.45) is 1.80. The summed E-state index contributed by atoms with van der Waals surface area (Å²) in [6.45, 7) is 4.86. The fourth-order valence-corrected chi connectivity index (χ4v) is 3.00. The normalized spacial score (nSPS) is 10.8. The maximum Gasteiger partial charge on any atom is 0.187 e. The average Bonchev–Trinajstić information content (AvgIpc) is 2.95. The molecule has 0 unspecified atom stereocenters. The van der Waals surface area contributed by atoms with Crippen LogP contribution in [0.15, 0.2) is 71.8 Å². The van der Waals surface area contributed by atoms with E-state index < -0.39 is 0 Å². The van der Waals surface area contributed by atoms with Crippen molar-refractivity contribution < 1.29 is 0 Å². The highest BCUT2D eigenvalue weighted by Gasteiger charge is 2.08. The van der Waals surface area contributed by atoms with Gasteiger partial charge in [-0.25, -0.2) is 0 Å². The number of benzene rings is 2. The molecule has 0 aliphatic heterocycles. The van der Waals surface area contributed by atoms with Gasteiger partial charge in [0.05, 0.1) is 6.21 Å². The molecule has 0 aliphatic rings. The van der Waals surface area contributed by atoms with Crippen molar-refractivity contribution in [2.45, 2.75) is 20.4 Å². The number of hydrogen-bond donors (Lipinski definition) is 2. The topological polar surface area (TPSA) is 41.4 Å². The molecule has 2 aromatic carbocycles. The molecule has 3 rings (SSSR count). The van der Waals surface area contributed by atoms with Crippen LogP contribution in [-0.4, -0.2) is 15.9 Å². The number of hydrogen-bond acceptors (Lipinski definition) is 2. The molecule has 4 nitrogen and oxygen atoms in total. The summed E-state index contributed by atoms with van der Waals surface area (Å²) < 4.78 is 2.22. The number of nitrogens with one attached hydrogen (secondary N) is 2. The Bertz CT molecular complexity index is 899. The molecule has 0 spiro atoms. The molecule has 5 heteroatoms. The van der Waals surface area contributed by atoms with Crippen molar-refractivity contribution in [3.63, 3.8) is 0 Å². The van der Waals surface area contributed by atoms with E-state index in [-0.39, 0.29) is 0 Å². The van der Waals surface area contributed by atoms with E-state index in [9.17, 15) is 0 Å². The first-order chi connectivity index (χ1) is 12.6. The van der Waals surface area contributed by atoms with Crippen molar-refractivity contribution >= 4 is 23.5 Å². The maximum absolute atomic E-state index is 5.27. The zero-order chi connectivity index (χ0) is 18.4. The molecule has 2 N–H and O–H groups in total. The number of para-hydroxylation sites is 1. The van der Waals surface area contributed by atoms with Gasteiger partial charge in [0.1, 0.15) is 0 Å². The predicted octanol–water partition coefficient (Wildman–Crippen LogP) is 4.09. The molecule has 0 atom stereocenters. The van der Waals surface area contributed by atoms with Crippen molar-refractivity contribution in [2.75, 3.05) is 0 Å². The third-order valence-corrected chi connectivity index (χ3v) is 4.39. The Hall–Kier alpha value is -2.92. The Balaban J connectivity index is 1.61. The lowest BCUT2D eigenvalue weighted by Gasteiger charge is -2.09. The molecule has 0 amide bonds.